The fraction of sp³-hybridized carbons (Fsp3) is 0.533. The number of carbonyl (C=O) groups is 8. The van der Waals surface area contributed by atoms with Gasteiger partial charge in [0.25, 0.3) is 11.8 Å². The van der Waals surface area contributed by atoms with E-state index < -0.39 is 72.6 Å². The van der Waals surface area contributed by atoms with Crippen molar-refractivity contribution in [3.8, 4) is 17.1 Å². The number of nitrogens with zero attached hydrogens (tertiary/aromatic N) is 2. The first-order valence-electron chi connectivity index (χ1n) is 22.1. The molecule has 21 heteroatoms. The first-order chi connectivity index (χ1) is 31.7. The Morgan fingerprint density at radius 3 is 2.18 bits per heavy atom. The third kappa shape index (κ3) is 16.4. The zero-order valence-corrected chi connectivity index (χ0v) is 38.7. The molecular formula is C45H61BN5O15. The molecule has 66 heavy (non-hydrogen) atoms. The molecule has 2 heterocycles. The van der Waals surface area contributed by atoms with Crippen LogP contribution in [0.5, 0.6) is 5.75 Å². The summed E-state index contributed by atoms with van der Waals surface area (Å²) < 4.78 is 32.0. The van der Waals surface area contributed by atoms with Crippen LogP contribution in [0, 0.1) is 19.8 Å². The van der Waals surface area contributed by atoms with Crippen LogP contribution in [0.15, 0.2) is 39.3 Å². The molecule has 0 spiro atoms. The lowest BCUT2D eigenvalue weighted by Crippen LogP contribution is -2.49. The van der Waals surface area contributed by atoms with Gasteiger partial charge < -0.3 is 48.6 Å². The highest BCUT2D eigenvalue weighted by Crippen LogP contribution is 2.30. The molecular weight excluding hydrogens is 861 g/mol. The second-order valence-electron chi connectivity index (χ2n) is 15.1. The van der Waals surface area contributed by atoms with Gasteiger partial charge in [0.05, 0.1) is 49.5 Å². The summed E-state index contributed by atoms with van der Waals surface area (Å²) in [7, 11) is 1.11. The lowest BCUT2D eigenvalue weighted by atomic mass is 9.90. The van der Waals surface area contributed by atoms with Crippen molar-refractivity contribution in [2.75, 3.05) is 26.5 Å². The van der Waals surface area contributed by atoms with E-state index in [4.69, 9.17) is 32.6 Å². The topological polar surface area (TPSA) is 261 Å². The highest BCUT2D eigenvalue weighted by Gasteiger charge is 2.35. The minimum absolute atomic E-state index is 0.0694. The Morgan fingerprint density at radius 1 is 0.864 bits per heavy atom. The fourth-order valence-corrected chi connectivity index (χ4v) is 6.56. The van der Waals surface area contributed by atoms with E-state index in [0.29, 0.717) is 37.7 Å². The summed E-state index contributed by atoms with van der Waals surface area (Å²) in [5.41, 5.74) is 0.550. The summed E-state index contributed by atoms with van der Waals surface area (Å²) in [4.78, 5) is 109. The van der Waals surface area contributed by atoms with E-state index in [1.54, 1.807) is 13.8 Å². The molecule has 4 amide bonds. The maximum absolute atomic E-state index is 13.7. The summed E-state index contributed by atoms with van der Waals surface area (Å²) in [5.74, 6) is -5.95. The number of carbonyl (C=O) groups excluding carboxylic acids is 8. The molecule has 0 aliphatic rings. The van der Waals surface area contributed by atoms with Crippen LogP contribution >= 0.6 is 0 Å². The van der Waals surface area contributed by atoms with Crippen LogP contribution in [-0.2, 0) is 42.9 Å². The SMILES string of the molecule is C[B]OC(=O)[C@H](CC(=O)OCCCC)NC(=O)c1ccc(-c2ccc(C(=O)NCNC(=O)[C@H](CCCCC)[C@@H](CC)N(C=O)OC(=O)c3c(C)noc3C)o2)cc1OCC(=O)OCCCC. The average molecular weight is 923 g/mol. The number of esters is 2. The molecule has 3 aromatic rings. The summed E-state index contributed by atoms with van der Waals surface area (Å²) >= 11 is 0. The second-order valence-corrected chi connectivity index (χ2v) is 15.1. The number of benzene rings is 1. The van der Waals surface area contributed by atoms with Gasteiger partial charge in [0, 0.05) is 5.56 Å². The van der Waals surface area contributed by atoms with Gasteiger partial charge in [-0.3, -0.25) is 28.8 Å². The minimum Gasteiger partial charge on any atom is -0.538 e. The second kappa shape index (κ2) is 28.3. The monoisotopic (exact) mass is 922 g/mol. The van der Waals surface area contributed by atoms with Crippen molar-refractivity contribution in [1.29, 1.82) is 0 Å². The Labute approximate surface area is 384 Å². The van der Waals surface area contributed by atoms with Crippen LogP contribution in [0.1, 0.15) is 135 Å². The highest BCUT2D eigenvalue weighted by atomic mass is 16.7. The molecule has 0 saturated carbocycles. The minimum atomic E-state index is -1.43. The smallest absolute Gasteiger partial charge is 0.370 e. The lowest BCUT2D eigenvalue weighted by molar-refractivity contribution is -0.171. The van der Waals surface area contributed by atoms with E-state index in [9.17, 15) is 38.4 Å². The number of amides is 4. The Morgan fingerprint density at radius 2 is 1.56 bits per heavy atom. The van der Waals surface area contributed by atoms with Crippen LogP contribution in [-0.4, -0.2) is 104 Å². The van der Waals surface area contributed by atoms with Crippen molar-refractivity contribution in [3.05, 3.63) is 58.7 Å². The Bertz CT molecular complexity index is 2080. The zero-order valence-electron chi connectivity index (χ0n) is 38.7. The predicted octanol–water partition coefficient (Wildman–Crippen LogP) is 5.32. The maximum atomic E-state index is 13.7. The number of ether oxygens (including phenoxy) is 3. The Hall–Kier alpha value is -6.67. The number of hydrogen-bond acceptors (Lipinski definition) is 16. The molecule has 20 nitrogen and oxygen atoms in total. The molecule has 0 fully saturated rings. The molecule has 0 bridgehead atoms. The molecule has 3 atom stereocenters. The normalized spacial score (nSPS) is 12.1. The third-order valence-electron chi connectivity index (χ3n) is 10.1. The van der Waals surface area contributed by atoms with E-state index in [1.165, 1.54) is 44.1 Å². The molecule has 1 radical (unpaired) electrons. The molecule has 359 valence electrons. The van der Waals surface area contributed by atoms with Gasteiger partial charge in [0.15, 0.2) is 12.4 Å². The molecule has 0 aliphatic carbocycles. The fourth-order valence-electron chi connectivity index (χ4n) is 6.56. The lowest BCUT2D eigenvalue weighted by Gasteiger charge is -2.31. The number of nitrogens with one attached hydrogen (secondary N) is 3. The quantitative estimate of drug-likeness (QED) is 0.0191. The van der Waals surface area contributed by atoms with Crippen molar-refractivity contribution < 1.29 is 71.0 Å². The molecule has 0 unspecified atom stereocenters. The van der Waals surface area contributed by atoms with Crippen LogP contribution in [0.2, 0.25) is 6.82 Å². The van der Waals surface area contributed by atoms with E-state index in [0.717, 1.165) is 38.2 Å². The molecule has 2 aromatic heterocycles. The standard InChI is InChI=1S/C45H61BN5O15/c1-8-12-15-16-31(34(11-4)51(27-52)66-45(59)40-28(5)50-65-29(40)6)41(55)47-26-48-43(57)36-20-19-35(63-36)30-17-18-32(37(23-30)62-25-39(54)61-22-14-10-3)42(56)49-33(44(58)64-46-7)24-38(53)60-21-13-9-2/h17-20,23,27,31,33-34H,8-16,21-22,24-26H2,1-7H3,(H,47,55)(H,48,57)(H,49,56)/t31-,33+,34-/m1/s1. The van der Waals surface area contributed by atoms with Crippen LogP contribution in [0.25, 0.3) is 11.3 Å². The van der Waals surface area contributed by atoms with Crippen LogP contribution in [0.4, 0.5) is 0 Å². The molecule has 0 saturated heterocycles. The van der Waals surface area contributed by atoms with E-state index in [1.807, 2.05) is 20.8 Å². The largest absolute Gasteiger partial charge is 0.538 e. The van der Waals surface area contributed by atoms with Gasteiger partial charge in [-0.25, -0.2) is 9.59 Å². The predicted molar refractivity (Wildman–Crippen MR) is 236 cm³/mol. The molecule has 3 N–H and O–H groups in total. The maximum Gasteiger partial charge on any atom is 0.370 e. The summed E-state index contributed by atoms with van der Waals surface area (Å²) in [6, 6.07) is 4.80. The number of rotatable bonds is 30. The molecule has 3 rings (SSSR count). The van der Waals surface area contributed by atoms with Crippen molar-refractivity contribution in [2.24, 2.45) is 5.92 Å². The number of hydrogen-bond donors (Lipinski definition) is 3. The zero-order chi connectivity index (χ0) is 48.6. The van der Waals surface area contributed by atoms with E-state index in [2.05, 4.69) is 21.1 Å². The number of aromatic nitrogens is 1. The van der Waals surface area contributed by atoms with Gasteiger partial charge in [-0.15, -0.1) is 0 Å². The summed E-state index contributed by atoms with van der Waals surface area (Å²) in [6.07, 6.45) is 5.55. The molecule has 1 aromatic carbocycles. The Balaban J connectivity index is 1.79. The molecule has 0 aliphatic heterocycles. The third-order valence-corrected chi connectivity index (χ3v) is 10.1. The van der Waals surface area contributed by atoms with Crippen molar-refractivity contribution in [3.63, 3.8) is 0 Å². The highest BCUT2D eigenvalue weighted by molar-refractivity contribution is 6.28. The van der Waals surface area contributed by atoms with E-state index >= 15 is 0 Å². The Kier molecular flexibility index (Phi) is 23.0. The average Bonchev–Trinajstić information content (AvgIpc) is 3.93. The first kappa shape index (κ1) is 53.7. The van der Waals surface area contributed by atoms with E-state index in [-0.39, 0.29) is 66.2 Å². The number of hydroxylamine groups is 2. The number of unbranched alkanes of at least 4 members (excludes halogenated alkanes) is 4. The van der Waals surface area contributed by atoms with Gasteiger partial charge in [-0.1, -0.05) is 77.8 Å². The summed E-state index contributed by atoms with van der Waals surface area (Å²) in [6.45, 7) is 11.5. The van der Waals surface area contributed by atoms with Gasteiger partial charge >= 0.3 is 31.4 Å². The van der Waals surface area contributed by atoms with Gasteiger partial charge in [-0.2, -0.15) is 5.06 Å². The first-order valence-corrected chi connectivity index (χ1v) is 22.1. The number of furan rings is 1. The van der Waals surface area contributed by atoms with Gasteiger partial charge in [-0.05, 0) is 63.8 Å². The van der Waals surface area contributed by atoms with Crippen LogP contribution in [0.3, 0.4) is 0 Å². The van der Waals surface area contributed by atoms with Crippen molar-refractivity contribution >= 4 is 55.5 Å². The number of aryl methyl sites for hydroxylation is 2. The van der Waals surface area contributed by atoms with Crippen molar-refractivity contribution in [1.82, 2.24) is 26.2 Å². The van der Waals surface area contributed by atoms with Gasteiger partial charge in [0.2, 0.25) is 12.3 Å². The van der Waals surface area contributed by atoms with Crippen LogP contribution < -0.4 is 20.7 Å². The summed E-state index contributed by atoms with van der Waals surface area (Å²) in [5, 5.41) is 12.3. The van der Waals surface area contributed by atoms with Crippen molar-refractivity contribution in [2.45, 2.75) is 125 Å². The van der Waals surface area contributed by atoms with Gasteiger partial charge in [0.1, 0.15) is 28.9 Å².